The molecule has 6 nitrogen and oxygen atoms in total. The highest BCUT2D eigenvalue weighted by molar-refractivity contribution is 5.99. The number of amides is 1. The second-order valence-corrected chi connectivity index (χ2v) is 6.84. The maximum Gasteiger partial charge on any atom is 0.220 e. The normalized spacial score (nSPS) is 17.8. The number of Topliss-reactive ketones (excluding diaryl/α,β-unsaturated/α-hetero) is 1. The molecular formula is C18H29N3O3. The van der Waals surface area contributed by atoms with E-state index in [1.807, 2.05) is 19.9 Å². The van der Waals surface area contributed by atoms with Crippen LogP contribution in [0.15, 0.2) is 6.07 Å². The van der Waals surface area contributed by atoms with E-state index in [-0.39, 0.29) is 23.7 Å². The zero-order chi connectivity index (χ0) is 17.9. The Morgan fingerprint density at radius 1 is 1.33 bits per heavy atom. The van der Waals surface area contributed by atoms with Crippen molar-refractivity contribution in [2.45, 2.75) is 39.7 Å². The number of hydrogen-bond donors (Lipinski definition) is 1. The molecule has 6 heteroatoms. The first kappa shape index (κ1) is 18.7. The standard InChI is InChI=1S/C18H29N3O3/c1-12-9-16(14(3)21(12)13(2)11-24-4)17(22)10-20-7-5-15(6-8-20)18(19)23/h9,13,15H,5-8,10-11H2,1-4H3,(H2,19,23)/t13-/m1/s1. The minimum absolute atomic E-state index is 0.0451. The summed E-state index contributed by atoms with van der Waals surface area (Å²) in [6.45, 7) is 8.61. The summed E-state index contributed by atoms with van der Waals surface area (Å²) in [5, 5.41) is 0. The van der Waals surface area contributed by atoms with Crippen molar-refractivity contribution in [3.8, 4) is 0 Å². The number of primary amides is 1. The van der Waals surface area contributed by atoms with E-state index in [1.54, 1.807) is 7.11 Å². The number of aromatic nitrogens is 1. The lowest BCUT2D eigenvalue weighted by atomic mass is 9.96. The molecule has 134 valence electrons. The van der Waals surface area contributed by atoms with Gasteiger partial charge in [0.05, 0.1) is 19.2 Å². The van der Waals surface area contributed by atoms with Crippen LogP contribution in [0.25, 0.3) is 0 Å². The van der Waals surface area contributed by atoms with Crippen LogP contribution in [-0.2, 0) is 9.53 Å². The van der Waals surface area contributed by atoms with Gasteiger partial charge in [-0.2, -0.15) is 0 Å². The molecule has 1 aromatic heterocycles. The van der Waals surface area contributed by atoms with E-state index in [1.165, 1.54) is 0 Å². The first-order valence-corrected chi connectivity index (χ1v) is 8.57. The average Bonchev–Trinajstić information content (AvgIpc) is 2.83. The maximum absolute atomic E-state index is 12.7. The summed E-state index contributed by atoms with van der Waals surface area (Å²) in [4.78, 5) is 26.1. The van der Waals surface area contributed by atoms with Gasteiger partial charge in [-0.15, -0.1) is 0 Å². The molecule has 1 aromatic rings. The maximum atomic E-state index is 12.7. The molecule has 0 unspecified atom stereocenters. The van der Waals surface area contributed by atoms with Gasteiger partial charge in [0, 0.05) is 30.0 Å². The fraction of sp³-hybridized carbons (Fsp3) is 0.667. The van der Waals surface area contributed by atoms with E-state index >= 15 is 0 Å². The fourth-order valence-corrected chi connectivity index (χ4v) is 3.72. The lowest BCUT2D eigenvalue weighted by Crippen LogP contribution is -2.40. The number of ether oxygens (including phenoxy) is 1. The Labute approximate surface area is 143 Å². The number of likely N-dealkylation sites (tertiary alicyclic amines) is 1. The number of nitrogens with two attached hydrogens (primary N) is 1. The van der Waals surface area contributed by atoms with Gasteiger partial charge in [-0.1, -0.05) is 0 Å². The molecule has 1 fully saturated rings. The molecule has 1 aliphatic heterocycles. The van der Waals surface area contributed by atoms with Crippen molar-refractivity contribution >= 4 is 11.7 Å². The highest BCUT2D eigenvalue weighted by atomic mass is 16.5. The van der Waals surface area contributed by atoms with Gasteiger partial charge in [0.25, 0.3) is 0 Å². The lowest BCUT2D eigenvalue weighted by Gasteiger charge is -2.29. The van der Waals surface area contributed by atoms with Crippen LogP contribution in [0.4, 0.5) is 0 Å². The molecule has 0 bridgehead atoms. The number of carbonyl (C=O) groups is 2. The van der Waals surface area contributed by atoms with Gasteiger partial charge in [-0.25, -0.2) is 0 Å². The SMILES string of the molecule is COC[C@@H](C)n1c(C)cc(C(=O)CN2CCC(C(N)=O)CC2)c1C. The Balaban J connectivity index is 2.03. The van der Waals surface area contributed by atoms with Gasteiger partial charge in [-0.05, 0) is 52.8 Å². The van der Waals surface area contributed by atoms with Crippen molar-refractivity contribution in [3.63, 3.8) is 0 Å². The van der Waals surface area contributed by atoms with E-state index in [2.05, 4.69) is 16.4 Å². The summed E-state index contributed by atoms with van der Waals surface area (Å²) in [6.07, 6.45) is 1.49. The van der Waals surface area contributed by atoms with Crippen LogP contribution in [0.3, 0.4) is 0 Å². The van der Waals surface area contributed by atoms with Crippen LogP contribution in [0, 0.1) is 19.8 Å². The molecule has 2 rings (SSSR count). The van der Waals surface area contributed by atoms with Gasteiger partial charge >= 0.3 is 0 Å². The first-order valence-electron chi connectivity index (χ1n) is 8.57. The molecule has 2 heterocycles. The summed E-state index contributed by atoms with van der Waals surface area (Å²) in [5.74, 6) is -0.135. The van der Waals surface area contributed by atoms with E-state index in [0.29, 0.717) is 13.2 Å². The minimum atomic E-state index is -0.225. The number of rotatable bonds is 7. The van der Waals surface area contributed by atoms with Crippen molar-refractivity contribution in [1.82, 2.24) is 9.47 Å². The summed E-state index contributed by atoms with van der Waals surface area (Å²) < 4.78 is 7.40. The molecule has 0 spiro atoms. The Kier molecular flexibility index (Phi) is 6.18. The van der Waals surface area contributed by atoms with Crippen LogP contribution >= 0.6 is 0 Å². The molecule has 1 amide bonds. The Morgan fingerprint density at radius 3 is 2.50 bits per heavy atom. The number of piperidine rings is 1. The number of aryl methyl sites for hydroxylation is 1. The highest BCUT2D eigenvalue weighted by Gasteiger charge is 2.26. The molecule has 24 heavy (non-hydrogen) atoms. The number of nitrogens with zero attached hydrogens (tertiary/aromatic N) is 2. The quantitative estimate of drug-likeness (QED) is 0.769. The van der Waals surface area contributed by atoms with Crippen LogP contribution in [-0.4, -0.2) is 54.5 Å². The topological polar surface area (TPSA) is 77.6 Å². The van der Waals surface area contributed by atoms with Crippen molar-refractivity contribution in [1.29, 1.82) is 0 Å². The predicted octanol–water partition coefficient (Wildman–Crippen LogP) is 1.69. The van der Waals surface area contributed by atoms with Gasteiger partial charge in [0.2, 0.25) is 5.91 Å². The zero-order valence-corrected chi connectivity index (χ0v) is 15.2. The van der Waals surface area contributed by atoms with E-state index < -0.39 is 0 Å². The largest absolute Gasteiger partial charge is 0.383 e. The molecule has 0 saturated carbocycles. The van der Waals surface area contributed by atoms with Crippen LogP contribution < -0.4 is 5.73 Å². The first-order chi connectivity index (χ1) is 11.3. The average molecular weight is 335 g/mol. The van der Waals surface area contributed by atoms with E-state index in [4.69, 9.17) is 10.5 Å². The fourth-order valence-electron chi connectivity index (χ4n) is 3.72. The van der Waals surface area contributed by atoms with Crippen LogP contribution in [0.1, 0.15) is 47.6 Å². The molecule has 1 saturated heterocycles. The predicted molar refractivity (Wildman–Crippen MR) is 93.2 cm³/mol. The number of methoxy groups -OCH3 is 1. The molecule has 1 aliphatic rings. The molecule has 0 aliphatic carbocycles. The number of carbonyl (C=O) groups excluding carboxylic acids is 2. The lowest BCUT2D eigenvalue weighted by molar-refractivity contribution is -0.123. The molecule has 2 N–H and O–H groups in total. The molecule has 0 radical (unpaired) electrons. The van der Waals surface area contributed by atoms with Crippen molar-refractivity contribution in [2.75, 3.05) is 33.4 Å². The Hall–Kier alpha value is -1.66. The number of hydrogen-bond acceptors (Lipinski definition) is 4. The monoisotopic (exact) mass is 335 g/mol. The second-order valence-electron chi connectivity index (χ2n) is 6.84. The van der Waals surface area contributed by atoms with Crippen molar-refractivity contribution in [3.05, 3.63) is 23.0 Å². The zero-order valence-electron chi connectivity index (χ0n) is 15.2. The summed E-state index contributed by atoms with van der Waals surface area (Å²) in [7, 11) is 1.69. The van der Waals surface area contributed by atoms with Gasteiger partial charge in [-0.3, -0.25) is 14.5 Å². The number of ketones is 1. The van der Waals surface area contributed by atoms with Crippen LogP contribution in [0.5, 0.6) is 0 Å². The third-order valence-corrected chi connectivity index (χ3v) is 4.99. The highest BCUT2D eigenvalue weighted by Crippen LogP contribution is 2.22. The molecule has 0 aromatic carbocycles. The molecular weight excluding hydrogens is 306 g/mol. The Morgan fingerprint density at radius 2 is 1.96 bits per heavy atom. The Bertz CT molecular complexity index is 601. The minimum Gasteiger partial charge on any atom is -0.383 e. The summed E-state index contributed by atoms with van der Waals surface area (Å²) in [5.41, 5.74) is 8.22. The van der Waals surface area contributed by atoms with Crippen molar-refractivity contribution in [2.24, 2.45) is 11.7 Å². The third-order valence-electron chi connectivity index (χ3n) is 4.99. The smallest absolute Gasteiger partial charge is 0.220 e. The van der Waals surface area contributed by atoms with Gasteiger partial charge in [0.15, 0.2) is 5.78 Å². The van der Waals surface area contributed by atoms with E-state index in [0.717, 1.165) is 42.9 Å². The van der Waals surface area contributed by atoms with E-state index in [9.17, 15) is 9.59 Å². The second kappa shape index (κ2) is 7.94. The van der Waals surface area contributed by atoms with Gasteiger partial charge in [0.1, 0.15) is 0 Å². The van der Waals surface area contributed by atoms with Gasteiger partial charge < -0.3 is 15.0 Å². The molecule has 1 atom stereocenters. The van der Waals surface area contributed by atoms with Crippen molar-refractivity contribution < 1.29 is 14.3 Å². The van der Waals surface area contributed by atoms with Crippen LogP contribution in [0.2, 0.25) is 0 Å². The third kappa shape index (κ3) is 4.05. The summed E-state index contributed by atoms with van der Waals surface area (Å²) in [6, 6.07) is 2.17. The summed E-state index contributed by atoms with van der Waals surface area (Å²) >= 11 is 0.